The van der Waals surface area contributed by atoms with Crippen molar-refractivity contribution < 1.29 is 19.8 Å². The van der Waals surface area contributed by atoms with Crippen molar-refractivity contribution in [3.63, 3.8) is 0 Å². The number of anilines is 1. The van der Waals surface area contributed by atoms with E-state index in [-0.39, 0.29) is 17.1 Å². The maximum atomic E-state index is 12.4. The lowest BCUT2D eigenvalue weighted by Gasteiger charge is -2.14. The number of hydrazine groups is 1. The summed E-state index contributed by atoms with van der Waals surface area (Å²) in [4.78, 5) is 24.5. The smallest absolute Gasteiger partial charge is 0.282 e. The minimum Gasteiger partial charge on any atom is -0.504 e. The molecule has 0 unspecified atom stereocenters. The van der Waals surface area contributed by atoms with Crippen LogP contribution in [0, 0.1) is 6.92 Å². The van der Waals surface area contributed by atoms with Crippen LogP contribution in [0.5, 0.6) is 11.5 Å². The largest absolute Gasteiger partial charge is 0.504 e. The van der Waals surface area contributed by atoms with Crippen LogP contribution in [-0.4, -0.2) is 22.0 Å². The van der Waals surface area contributed by atoms with Crippen LogP contribution in [0.3, 0.4) is 0 Å². The summed E-state index contributed by atoms with van der Waals surface area (Å²) in [5, 5.41) is 20.0. The zero-order valence-electron chi connectivity index (χ0n) is 12.3. The summed E-state index contributed by atoms with van der Waals surface area (Å²) in [6, 6.07) is 11.2. The molecule has 0 radical (unpaired) electrons. The number of hydrogen-bond donors (Lipinski definition) is 3. The molecule has 116 valence electrons. The fraction of sp³-hybridized carbons (Fsp3) is 0.0588. The van der Waals surface area contributed by atoms with E-state index in [4.69, 9.17) is 0 Å². The van der Waals surface area contributed by atoms with Gasteiger partial charge in [-0.2, -0.15) is 0 Å². The van der Waals surface area contributed by atoms with Crippen LogP contribution < -0.4 is 10.4 Å². The predicted octanol–water partition coefficient (Wildman–Crippen LogP) is 1.87. The molecule has 6 nitrogen and oxygen atoms in total. The Hall–Kier alpha value is -3.28. The molecule has 0 aliphatic carbocycles. The van der Waals surface area contributed by atoms with Crippen LogP contribution in [0.1, 0.15) is 11.1 Å². The monoisotopic (exact) mass is 310 g/mol. The fourth-order valence-electron chi connectivity index (χ4n) is 2.23. The fourth-order valence-corrected chi connectivity index (χ4v) is 2.23. The summed E-state index contributed by atoms with van der Waals surface area (Å²) in [6.07, 6.45) is 1.37. The highest BCUT2D eigenvalue weighted by Gasteiger charge is 2.34. The van der Waals surface area contributed by atoms with Gasteiger partial charge in [0.2, 0.25) is 0 Å². The van der Waals surface area contributed by atoms with Crippen LogP contribution in [0.15, 0.2) is 48.0 Å². The van der Waals surface area contributed by atoms with Gasteiger partial charge < -0.3 is 10.2 Å². The molecule has 1 aliphatic heterocycles. The molecule has 1 saturated heterocycles. The highest BCUT2D eigenvalue weighted by molar-refractivity contribution is 6.31. The number of carbonyl (C=O) groups excluding carboxylic acids is 2. The molecule has 0 bridgehead atoms. The molecule has 1 heterocycles. The van der Waals surface area contributed by atoms with Crippen molar-refractivity contribution in [2.45, 2.75) is 6.92 Å². The van der Waals surface area contributed by atoms with Gasteiger partial charge in [-0.3, -0.25) is 15.0 Å². The predicted molar refractivity (Wildman–Crippen MR) is 84.6 cm³/mol. The maximum Gasteiger partial charge on any atom is 0.282 e. The van der Waals surface area contributed by atoms with Gasteiger partial charge in [0.15, 0.2) is 11.5 Å². The third-order valence-corrected chi connectivity index (χ3v) is 3.49. The Labute approximate surface area is 132 Å². The lowest BCUT2D eigenvalue weighted by molar-refractivity contribution is -0.117. The summed E-state index contributed by atoms with van der Waals surface area (Å²) in [5.74, 6) is -1.59. The van der Waals surface area contributed by atoms with Gasteiger partial charge in [0.05, 0.1) is 5.69 Å². The van der Waals surface area contributed by atoms with Crippen molar-refractivity contribution in [1.82, 2.24) is 5.43 Å². The third-order valence-electron chi connectivity index (χ3n) is 3.49. The van der Waals surface area contributed by atoms with E-state index in [0.29, 0.717) is 11.3 Å². The van der Waals surface area contributed by atoms with E-state index in [2.05, 4.69) is 5.43 Å². The number of rotatable bonds is 2. The molecule has 2 aromatic rings. The van der Waals surface area contributed by atoms with Gasteiger partial charge in [0.1, 0.15) is 5.57 Å². The molecular weight excluding hydrogens is 296 g/mol. The van der Waals surface area contributed by atoms with Crippen LogP contribution in [0.25, 0.3) is 6.08 Å². The number of aromatic hydroxyl groups is 2. The van der Waals surface area contributed by atoms with E-state index in [0.717, 1.165) is 5.56 Å². The molecular formula is C17H14N2O4. The molecule has 0 aromatic heterocycles. The SMILES string of the molecule is Cc1ccc(N2NC(=O)C(=Cc3ccc(O)c(O)c3)C2=O)cc1. The van der Waals surface area contributed by atoms with Gasteiger partial charge in [0.25, 0.3) is 11.8 Å². The standard InChI is InChI=1S/C17H14N2O4/c1-10-2-5-12(6-3-10)19-17(23)13(16(22)18-19)8-11-4-7-14(20)15(21)9-11/h2-9,20-21H,1H3,(H,18,22). The molecule has 1 aliphatic rings. The summed E-state index contributed by atoms with van der Waals surface area (Å²) in [5.41, 5.74) is 4.49. The minimum atomic E-state index is -0.525. The molecule has 2 aromatic carbocycles. The van der Waals surface area contributed by atoms with E-state index in [1.807, 2.05) is 19.1 Å². The van der Waals surface area contributed by atoms with E-state index >= 15 is 0 Å². The summed E-state index contributed by atoms with van der Waals surface area (Å²) in [7, 11) is 0. The second kappa shape index (κ2) is 5.49. The van der Waals surface area contributed by atoms with Crippen LogP contribution in [0.4, 0.5) is 5.69 Å². The number of hydrogen-bond acceptors (Lipinski definition) is 4. The van der Waals surface area contributed by atoms with E-state index < -0.39 is 11.8 Å². The molecule has 3 rings (SSSR count). The molecule has 0 spiro atoms. The first kappa shape index (κ1) is 14.6. The van der Waals surface area contributed by atoms with E-state index in [1.54, 1.807) is 12.1 Å². The summed E-state index contributed by atoms with van der Waals surface area (Å²) in [6.45, 7) is 1.93. The van der Waals surface area contributed by atoms with Gasteiger partial charge in [-0.05, 0) is 42.8 Å². The number of nitrogens with one attached hydrogen (secondary N) is 1. The number of amides is 2. The molecule has 2 amide bonds. The third kappa shape index (κ3) is 2.74. The first-order valence-corrected chi connectivity index (χ1v) is 6.91. The normalized spacial score (nSPS) is 16.0. The van der Waals surface area contributed by atoms with Crippen LogP contribution >= 0.6 is 0 Å². The Morgan fingerprint density at radius 3 is 2.35 bits per heavy atom. The van der Waals surface area contributed by atoms with Crippen LogP contribution in [0.2, 0.25) is 0 Å². The molecule has 23 heavy (non-hydrogen) atoms. The maximum absolute atomic E-state index is 12.4. The number of benzene rings is 2. The number of carbonyl (C=O) groups is 2. The Morgan fingerprint density at radius 2 is 1.70 bits per heavy atom. The second-order valence-electron chi connectivity index (χ2n) is 5.22. The molecule has 6 heteroatoms. The Bertz CT molecular complexity index is 825. The zero-order valence-corrected chi connectivity index (χ0v) is 12.3. The topological polar surface area (TPSA) is 89.9 Å². The number of aryl methyl sites for hydroxylation is 1. The van der Waals surface area contributed by atoms with Gasteiger partial charge >= 0.3 is 0 Å². The zero-order chi connectivity index (χ0) is 16.6. The van der Waals surface area contributed by atoms with Crippen molar-refractivity contribution in [3.8, 4) is 11.5 Å². The highest BCUT2D eigenvalue weighted by atomic mass is 16.3. The summed E-state index contributed by atoms with van der Waals surface area (Å²) < 4.78 is 0. The first-order valence-electron chi connectivity index (χ1n) is 6.91. The average molecular weight is 310 g/mol. The molecule has 1 fully saturated rings. The van der Waals surface area contributed by atoms with Gasteiger partial charge in [-0.15, -0.1) is 0 Å². The number of phenolic OH excluding ortho intramolecular Hbond substituents is 2. The molecule has 0 saturated carbocycles. The second-order valence-corrected chi connectivity index (χ2v) is 5.22. The summed E-state index contributed by atoms with van der Waals surface area (Å²) >= 11 is 0. The quantitative estimate of drug-likeness (QED) is 0.449. The van der Waals surface area contributed by atoms with Crippen molar-refractivity contribution in [2.75, 3.05) is 5.01 Å². The lowest BCUT2D eigenvalue weighted by atomic mass is 10.1. The Morgan fingerprint density at radius 1 is 1.00 bits per heavy atom. The van der Waals surface area contributed by atoms with Gasteiger partial charge in [-0.25, -0.2) is 5.01 Å². The first-order chi connectivity index (χ1) is 11.0. The van der Waals surface area contributed by atoms with Crippen LogP contribution in [-0.2, 0) is 9.59 Å². The molecule has 3 N–H and O–H groups in total. The van der Waals surface area contributed by atoms with E-state index in [9.17, 15) is 19.8 Å². The lowest BCUT2D eigenvalue weighted by Crippen LogP contribution is -2.35. The highest BCUT2D eigenvalue weighted by Crippen LogP contribution is 2.27. The average Bonchev–Trinajstić information content (AvgIpc) is 2.80. The van der Waals surface area contributed by atoms with Gasteiger partial charge in [-0.1, -0.05) is 23.8 Å². The van der Waals surface area contributed by atoms with Crippen molar-refractivity contribution >= 4 is 23.6 Å². The Kier molecular flexibility index (Phi) is 3.50. The van der Waals surface area contributed by atoms with Gasteiger partial charge in [0, 0.05) is 0 Å². The van der Waals surface area contributed by atoms with E-state index in [1.165, 1.54) is 29.3 Å². The van der Waals surface area contributed by atoms with Crippen molar-refractivity contribution in [3.05, 3.63) is 59.2 Å². The number of phenols is 2. The molecule has 0 atom stereocenters. The van der Waals surface area contributed by atoms with Crippen molar-refractivity contribution in [1.29, 1.82) is 0 Å². The minimum absolute atomic E-state index is 0.0457. The number of nitrogens with zero attached hydrogens (tertiary/aromatic N) is 1. The van der Waals surface area contributed by atoms with Crippen molar-refractivity contribution in [2.24, 2.45) is 0 Å². The Balaban J connectivity index is 1.93.